The second-order valence-corrected chi connectivity index (χ2v) is 12.8. The lowest BCUT2D eigenvalue weighted by Crippen LogP contribution is -2.31. The molecule has 0 aromatic heterocycles. The number of aliphatic hydroxyl groups is 1. The zero-order chi connectivity index (χ0) is 27.4. The number of aryl methyl sites for hydroxylation is 1. The van der Waals surface area contributed by atoms with Crippen molar-refractivity contribution in [3.05, 3.63) is 62.7 Å². The van der Waals surface area contributed by atoms with Gasteiger partial charge in [0.1, 0.15) is 5.75 Å². The fraction of sp³-hybridized carbons (Fsp3) is 0.462. The van der Waals surface area contributed by atoms with Crippen LogP contribution in [0.4, 0.5) is 0 Å². The van der Waals surface area contributed by atoms with Crippen LogP contribution in [0.1, 0.15) is 60.1 Å². The number of aromatic carboxylic acids is 1. The van der Waals surface area contributed by atoms with Crippen LogP contribution in [0, 0.1) is 3.57 Å². The quantitative estimate of drug-likeness (QED) is 0.0912. The van der Waals surface area contributed by atoms with Crippen LogP contribution >= 0.6 is 30.0 Å². The largest absolute Gasteiger partial charge is 0.507 e. The number of hydrogen-bond acceptors (Lipinski definition) is 6. The normalized spacial score (nSPS) is 14.5. The number of benzene rings is 2. The molecule has 0 aliphatic carbocycles. The molecule has 3 atom stereocenters. The molecule has 0 saturated carbocycles. The maximum absolute atomic E-state index is 12.5. The summed E-state index contributed by atoms with van der Waals surface area (Å²) in [5.74, 6) is -0.851. The fourth-order valence-corrected chi connectivity index (χ4v) is 6.07. The number of aliphatic hydroxyl groups excluding tert-OH is 1. The molecule has 0 spiro atoms. The first-order valence-electron chi connectivity index (χ1n) is 12.3. The average Bonchev–Trinajstić information content (AvgIpc) is 2.85. The predicted molar refractivity (Wildman–Crippen MR) is 151 cm³/mol. The number of unbranched alkanes of at least 4 members (excludes halogenated alkanes) is 2. The summed E-state index contributed by atoms with van der Waals surface area (Å²) in [6.07, 6.45) is 1.73. The van der Waals surface area contributed by atoms with Crippen molar-refractivity contribution < 1.29 is 34.4 Å². The molecule has 37 heavy (non-hydrogen) atoms. The minimum atomic E-state index is -3.50. The topological polar surface area (TPSA) is 156 Å². The number of hydrogen-bond donors (Lipinski definition) is 6. The van der Waals surface area contributed by atoms with Crippen LogP contribution in [-0.4, -0.2) is 63.6 Å². The maximum Gasteiger partial charge on any atom is 0.335 e. The molecule has 2 aromatic rings. The third kappa shape index (κ3) is 12.0. The molecule has 0 aliphatic heterocycles. The average molecular weight is 646 g/mol. The van der Waals surface area contributed by atoms with E-state index in [2.05, 4.69) is 10.6 Å². The van der Waals surface area contributed by atoms with Crippen LogP contribution in [0.2, 0.25) is 0 Å². The Bertz CT molecular complexity index is 1100. The van der Waals surface area contributed by atoms with Crippen molar-refractivity contribution in [3.8, 4) is 5.75 Å². The van der Waals surface area contributed by atoms with Gasteiger partial charge in [-0.05, 0) is 84.2 Å². The first kappa shape index (κ1) is 31.2. The van der Waals surface area contributed by atoms with E-state index >= 15 is 0 Å². The van der Waals surface area contributed by atoms with Gasteiger partial charge in [-0.1, -0.05) is 24.6 Å². The number of nitrogens with one attached hydrogen (secondary N) is 2. The summed E-state index contributed by atoms with van der Waals surface area (Å²) in [5, 5.41) is 34.8. The number of phenols is 1. The Labute approximate surface area is 231 Å². The van der Waals surface area contributed by atoms with E-state index in [0.29, 0.717) is 38.6 Å². The SMILES string of the molecule is CC(NCC(O)CP(=O)(O)CCCCCNC(=O)CCc1ccc(O)c(I)c1)c1cccc(C(=O)O)c1. The summed E-state index contributed by atoms with van der Waals surface area (Å²) in [7, 11) is -3.50. The Hall–Kier alpha value is -1.98. The Morgan fingerprint density at radius 2 is 1.86 bits per heavy atom. The molecule has 11 heteroatoms. The van der Waals surface area contributed by atoms with Gasteiger partial charge in [-0.3, -0.25) is 9.36 Å². The third-order valence-corrected chi connectivity index (χ3v) is 8.82. The molecule has 0 aliphatic rings. The molecule has 2 rings (SSSR count). The molecular formula is C26H36IN2O7P. The first-order valence-corrected chi connectivity index (χ1v) is 15.4. The van der Waals surface area contributed by atoms with E-state index in [-0.39, 0.29) is 42.1 Å². The molecule has 204 valence electrons. The van der Waals surface area contributed by atoms with Crippen LogP contribution in [-0.2, 0) is 15.8 Å². The van der Waals surface area contributed by atoms with Gasteiger partial charge >= 0.3 is 5.97 Å². The summed E-state index contributed by atoms with van der Waals surface area (Å²) in [6.45, 7) is 2.44. The summed E-state index contributed by atoms with van der Waals surface area (Å²) in [4.78, 5) is 33.4. The van der Waals surface area contributed by atoms with Crippen LogP contribution in [0.5, 0.6) is 5.75 Å². The minimum absolute atomic E-state index is 0.0598. The van der Waals surface area contributed by atoms with Crippen molar-refractivity contribution in [1.29, 1.82) is 0 Å². The number of rotatable bonds is 16. The highest BCUT2D eigenvalue weighted by Gasteiger charge is 2.23. The maximum atomic E-state index is 12.5. The molecule has 0 radical (unpaired) electrons. The van der Waals surface area contributed by atoms with E-state index in [9.17, 15) is 29.3 Å². The third-order valence-electron chi connectivity index (χ3n) is 5.95. The van der Waals surface area contributed by atoms with Gasteiger partial charge < -0.3 is 30.8 Å². The summed E-state index contributed by atoms with van der Waals surface area (Å²) < 4.78 is 13.2. The molecular weight excluding hydrogens is 610 g/mol. The number of phenolic OH excluding ortho intramolecular Hbond substituents is 1. The number of carboxylic acids is 1. The van der Waals surface area contributed by atoms with Crippen LogP contribution in [0.15, 0.2) is 42.5 Å². The van der Waals surface area contributed by atoms with Gasteiger partial charge in [-0.15, -0.1) is 0 Å². The Balaban J connectivity index is 1.59. The lowest BCUT2D eigenvalue weighted by molar-refractivity contribution is -0.121. The van der Waals surface area contributed by atoms with E-state index in [0.717, 1.165) is 14.7 Å². The van der Waals surface area contributed by atoms with E-state index in [4.69, 9.17) is 5.11 Å². The van der Waals surface area contributed by atoms with Crippen molar-refractivity contribution in [1.82, 2.24) is 10.6 Å². The van der Waals surface area contributed by atoms with E-state index in [1.807, 2.05) is 35.6 Å². The monoisotopic (exact) mass is 646 g/mol. The van der Waals surface area contributed by atoms with Gasteiger partial charge in [0.15, 0.2) is 0 Å². The second kappa shape index (κ2) is 15.4. The fourth-order valence-electron chi connectivity index (χ4n) is 3.80. The van der Waals surface area contributed by atoms with Crippen molar-refractivity contribution in [2.24, 2.45) is 0 Å². The molecule has 6 N–H and O–H groups in total. The Morgan fingerprint density at radius 1 is 1.11 bits per heavy atom. The van der Waals surface area contributed by atoms with Crippen LogP contribution < -0.4 is 10.6 Å². The van der Waals surface area contributed by atoms with Crippen molar-refractivity contribution in [2.45, 2.75) is 51.2 Å². The minimum Gasteiger partial charge on any atom is -0.507 e. The van der Waals surface area contributed by atoms with Gasteiger partial charge in [0.05, 0.1) is 21.4 Å². The van der Waals surface area contributed by atoms with Crippen LogP contribution in [0.3, 0.4) is 0 Å². The Morgan fingerprint density at radius 3 is 2.57 bits per heavy atom. The number of carboxylic acid groups (broad SMARTS) is 1. The second-order valence-electron chi connectivity index (χ2n) is 9.16. The zero-order valence-electron chi connectivity index (χ0n) is 20.9. The number of halogens is 1. The van der Waals surface area contributed by atoms with Crippen LogP contribution in [0.25, 0.3) is 0 Å². The van der Waals surface area contributed by atoms with Gasteiger partial charge in [0.25, 0.3) is 0 Å². The van der Waals surface area contributed by atoms with Gasteiger partial charge in [-0.2, -0.15) is 0 Å². The molecule has 0 heterocycles. The molecule has 0 bridgehead atoms. The molecule has 9 nitrogen and oxygen atoms in total. The highest BCUT2D eigenvalue weighted by Crippen LogP contribution is 2.42. The lowest BCUT2D eigenvalue weighted by Gasteiger charge is -2.20. The lowest BCUT2D eigenvalue weighted by atomic mass is 10.1. The predicted octanol–water partition coefficient (Wildman–Crippen LogP) is 3.90. The summed E-state index contributed by atoms with van der Waals surface area (Å²) in [5.41, 5.74) is 1.91. The highest BCUT2D eigenvalue weighted by molar-refractivity contribution is 14.1. The van der Waals surface area contributed by atoms with E-state index < -0.39 is 19.4 Å². The van der Waals surface area contributed by atoms with E-state index in [1.165, 1.54) is 6.07 Å². The zero-order valence-corrected chi connectivity index (χ0v) is 24.0. The summed E-state index contributed by atoms with van der Waals surface area (Å²) >= 11 is 2.04. The smallest absolute Gasteiger partial charge is 0.335 e. The van der Waals surface area contributed by atoms with Crippen molar-refractivity contribution in [3.63, 3.8) is 0 Å². The van der Waals surface area contributed by atoms with E-state index in [1.54, 1.807) is 30.3 Å². The van der Waals surface area contributed by atoms with Crippen molar-refractivity contribution >= 4 is 41.8 Å². The molecule has 3 unspecified atom stereocenters. The van der Waals surface area contributed by atoms with Gasteiger partial charge in [-0.25, -0.2) is 4.79 Å². The number of carbonyl (C=O) groups excluding carboxylic acids is 1. The standard InChI is InChI=1S/C26H36IN2O7P/c1-18(20-6-5-7-21(15-20)26(33)34)29-16-22(30)17-37(35,36)13-4-2-3-12-28-25(32)11-9-19-8-10-24(31)23(27)14-19/h5-8,10,14-15,18,22,29-31H,2-4,9,11-13,16-17H2,1H3,(H,28,32)(H,33,34)(H,35,36). The molecule has 0 saturated heterocycles. The van der Waals surface area contributed by atoms with Gasteiger partial charge in [0, 0.05) is 31.7 Å². The highest BCUT2D eigenvalue weighted by atomic mass is 127. The number of aromatic hydroxyl groups is 1. The van der Waals surface area contributed by atoms with Gasteiger partial charge in [0.2, 0.25) is 13.3 Å². The Kier molecular flexibility index (Phi) is 13.0. The molecule has 2 aromatic carbocycles. The number of carbonyl (C=O) groups is 2. The first-order chi connectivity index (χ1) is 17.5. The molecule has 1 amide bonds. The summed E-state index contributed by atoms with van der Waals surface area (Å²) in [6, 6.07) is 11.5. The molecule has 0 fully saturated rings. The number of amides is 1. The van der Waals surface area contributed by atoms with Crippen molar-refractivity contribution in [2.75, 3.05) is 25.4 Å².